The molecule has 0 fully saturated rings. The van der Waals surface area contributed by atoms with Gasteiger partial charge in [-0.2, -0.15) is 0 Å². The molecule has 0 radical (unpaired) electrons. The van der Waals surface area contributed by atoms with Gasteiger partial charge < -0.3 is 30.7 Å². The van der Waals surface area contributed by atoms with Gasteiger partial charge in [0.05, 0.1) is 6.54 Å². The number of nitrogens with two attached hydrogens (primary N) is 2. The minimum absolute atomic E-state index is 0.0213. The molecule has 0 bridgehead atoms. The first-order chi connectivity index (χ1) is 20.3. The molecule has 2 aromatic rings. The van der Waals surface area contributed by atoms with E-state index in [0.29, 0.717) is 0 Å². The molecule has 0 spiro atoms. The molecule has 43 heavy (non-hydrogen) atoms. The first-order valence-electron chi connectivity index (χ1n) is 14.1. The number of Topliss-reactive ketones (excluding diaryl/α,β-unsaturated/α-hetero) is 1. The fourth-order valence-electron chi connectivity index (χ4n) is 4.51. The Morgan fingerprint density at radius 1 is 0.884 bits per heavy atom. The number of hydrogen-bond donors (Lipinski definition) is 3. The lowest BCUT2D eigenvalue weighted by Crippen LogP contribution is -2.54. The van der Waals surface area contributed by atoms with E-state index in [9.17, 15) is 24.0 Å². The highest BCUT2D eigenvalue weighted by Crippen LogP contribution is 2.22. The predicted octanol–water partition coefficient (Wildman–Crippen LogP) is 3.61. The fourth-order valence-corrected chi connectivity index (χ4v) is 4.51. The Kier molecular flexibility index (Phi) is 13.6. The van der Waals surface area contributed by atoms with Gasteiger partial charge in [0.15, 0.2) is 11.9 Å². The second kappa shape index (κ2) is 16.9. The summed E-state index contributed by atoms with van der Waals surface area (Å²) in [6.07, 6.45) is -3.58. The standard InChI is InChI=1S/C31H42N4O8/c1-21(2)15-26(42-29(32)39)27(37)35(18-23-11-7-5-8-12-23)19-25(36)17-31(33,16-22(3)4)28(38)43-34-30(40)41-20-24-13-9-6-10-14-24/h5-14,21-22,26H,15-20,33H2,1-4H3,(H2,32,39)(H,34,40). The van der Waals surface area contributed by atoms with E-state index >= 15 is 0 Å². The maximum atomic E-state index is 13.5. The fraction of sp³-hybridized carbons (Fsp3) is 0.452. The van der Waals surface area contributed by atoms with Gasteiger partial charge in [0.25, 0.3) is 5.91 Å². The highest BCUT2D eigenvalue weighted by atomic mass is 16.7. The van der Waals surface area contributed by atoms with Crippen LogP contribution in [0.4, 0.5) is 9.59 Å². The number of nitrogens with one attached hydrogen (secondary N) is 1. The van der Waals surface area contributed by atoms with Gasteiger partial charge in [-0.15, -0.1) is 5.48 Å². The van der Waals surface area contributed by atoms with Gasteiger partial charge in [0.2, 0.25) is 0 Å². The van der Waals surface area contributed by atoms with E-state index in [1.54, 1.807) is 48.5 Å². The third-order valence-electron chi connectivity index (χ3n) is 6.25. The lowest BCUT2D eigenvalue weighted by atomic mass is 9.85. The molecule has 0 saturated heterocycles. The largest absolute Gasteiger partial charge is 0.443 e. The monoisotopic (exact) mass is 598 g/mol. The van der Waals surface area contributed by atoms with E-state index in [0.717, 1.165) is 11.1 Å². The van der Waals surface area contributed by atoms with Crippen LogP contribution in [0, 0.1) is 11.8 Å². The summed E-state index contributed by atoms with van der Waals surface area (Å²) in [7, 11) is 0. The minimum atomic E-state index is -1.82. The summed E-state index contributed by atoms with van der Waals surface area (Å²) in [4.78, 5) is 69.8. The van der Waals surface area contributed by atoms with Crippen molar-refractivity contribution in [3.05, 3.63) is 71.8 Å². The van der Waals surface area contributed by atoms with E-state index in [2.05, 4.69) is 0 Å². The number of hydroxylamine groups is 1. The summed E-state index contributed by atoms with van der Waals surface area (Å²) in [6.45, 7) is 6.87. The Labute approximate surface area is 252 Å². The molecule has 5 N–H and O–H groups in total. The SMILES string of the molecule is CC(C)CC(OC(N)=O)C(=O)N(CC(=O)CC(N)(CC(C)C)C(=O)ONC(=O)OCc1ccccc1)Cc1ccccc1. The van der Waals surface area contributed by atoms with E-state index in [1.165, 1.54) is 4.90 Å². The highest BCUT2D eigenvalue weighted by Gasteiger charge is 2.40. The Morgan fingerprint density at radius 3 is 2.00 bits per heavy atom. The first-order valence-corrected chi connectivity index (χ1v) is 14.1. The molecular formula is C31H42N4O8. The molecule has 0 aliphatic carbocycles. The van der Waals surface area contributed by atoms with Crippen molar-refractivity contribution in [2.24, 2.45) is 23.3 Å². The van der Waals surface area contributed by atoms with Crippen molar-refractivity contribution in [2.75, 3.05) is 6.54 Å². The van der Waals surface area contributed by atoms with Crippen molar-refractivity contribution in [3.8, 4) is 0 Å². The van der Waals surface area contributed by atoms with Crippen molar-refractivity contribution >= 4 is 29.8 Å². The lowest BCUT2D eigenvalue weighted by Gasteiger charge is -2.30. The summed E-state index contributed by atoms with van der Waals surface area (Å²) in [5, 5.41) is 0. The summed E-state index contributed by atoms with van der Waals surface area (Å²) < 4.78 is 10.1. The van der Waals surface area contributed by atoms with Gasteiger partial charge in [-0.3, -0.25) is 9.59 Å². The number of ketones is 1. The van der Waals surface area contributed by atoms with Gasteiger partial charge in [0.1, 0.15) is 12.1 Å². The van der Waals surface area contributed by atoms with Crippen molar-refractivity contribution in [3.63, 3.8) is 0 Å². The second-order valence-corrected chi connectivity index (χ2v) is 11.3. The number of primary amides is 1. The molecule has 0 saturated carbocycles. The zero-order valence-electron chi connectivity index (χ0n) is 25.1. The number of hydrogen-bond acceptors (Lipinski definition) is 9. The number of rotatable bonds is 15. The molecule has 12 nitrogen and oxygen atoms in total. The molecule has 12 heteroatoms. The summed E-state index contributed by atoms with van der Waals surface area (Å²) in [6, 6.07) is 17.8. The molecule has 2 aromatic carbocycles. The Hall–Kier alpha value is -4.45. The van der Waals surface area contributed by atoms with Crippen molar-refractivity contribution in [1.82, 2.24) is 10.4 Å². The van der Waals surface area contributed by atoms with Crippen LogP contribution in [0.3, 0.4) is 0 Å². The number of nitrogens with zero attached hydrogens (tertiary/aromatic N) is 1. The Balaban J connectivity index is 2.16. The number of carbonyl (C=O) groups is 5. The molecule has 2 atom stereocenters. The average molecular weight is 599 g/mol. The lowest BCUT2D eigenvalue weighted by molar-refractivity contribution is -0.159. The van der Waals surface area contributed by atoms with Crippen molar-refractivity contribution in [1.29, 1.82) is 0 Å². The van der Waals surface area contributed by atoms with E-state index < -0.39 is 54.5 Å². The van der Waals surface area contributed by atoms with Gasteiger partial charge in [-0.25, -0.2) is 14.4 Å². The van der Waals surface area contributed by atoms with E-state index in [1.807, 2.05) is 45.3 Å². The normalized spacial score (nSPS) is 13.0. The molecule has 2 rings (SSSR count). The van der Waals surface area contributed by atoms with Gasteiger partial charge >= 0.3 is 18.2 Å². The van der Waals surface area contributed by atoms with Crippen LogP contribution in [-0.4, -0.2) is 52.9 Å². The molecular weight excluding hydrogens is 556 g/mol. The molecule has 2 unspecified atom stereocenters. The molecule has 3 amide bonds. The predicted molar refractivity (Wildman–Crippen MR) is 158 cm³/mol. The van der Waals surface area contributed by atoms with Gasteiger partial charge in [0, 0.05) is 13.0 Å². The summed E-state index contributed by atoms with van der Waals surface area (Å²) in [5.74, 6) is -2.34. The van der Waals surface area contributed by atoms with Crippen LogP contribution in [0.5, 0.6) is 0 Å². The quantitative estimate of drug-likeness (QED) is 0.204. The maximum Gasteiger partial charge on any atom is 0.441 e. The zero-order chi connectivity index (χ0) is 32.0. The average Bonchev–Trinajstić information content (AvgIpc) is 2.93. The van der Waals surface area contributed by atoms with Crippen LogP contribution in [0.15, 0.2) is 60.7 Å². The number of benzene rings is 2. The number of carbonyl (C=O) groups excluding carboxylic acids is 5. The van der Waals surface area contributed by atoms with Crippen molar-refractivity contribution in [2.45, 2.75) is 71.8 Å². The molecule has 0 aromatic heterocycles. The maximum absolute atomic E-state index is 13.5. The second-order valence-electron chi connectivity index (χ2n) is 11.3. The third-order valence-corrected chi connectivity index (χ3v) is 6.25. The Morgan fingerprint density at radius 2 is 1.47 bits per heavy atom. The van der Waals surface area contributed by atoms with Gasteiger partial charge in [-0.1, -0.05) is 88.4 Å². The summed E-state index contributed by atoms with van der Waals surface area (Å²) in [5.41, 5.74) is 13.2. The van der Waals surface area contributed by atoms with Crippen LogP contribution in [0.1, 0.15) is 58.1 Å². The highest BCUT2D eigenvalue weighted by molar-refractivity contribution is 5.93. The van der Waals surface area contributed by atoms with Crippen molar-refractivity contribution < 1.29 is 38.3 Å². The first kappa shape index (κ1) is 34.7. The van der Waals surface area contributed by atoms with E-state index in [4.69, 9.17) is 25.8 Å². The third kappa shape index (κ3) is 12.5. The van der Waals surface area contributed by atoms with Crippen LogP contribution in [-0.2, 0) is 41.8 Å². The molecule has 0 heterocycles. The van der Waals surface area contributed by atoms with Crippen LogP contribution >= 0.6 is 0 Å². The van der Waals surface area contributed by atoms with E-state index in [-0.39, 0.29) is 37.8 Å². The number of amides is 3. The topological polar surface area (TPSA) is 180 Å². The van der Waals surface area contributed by atoms with Crippen LogP contribution in [0.2, 0.25) is 0 Å². The van der Waals surface area contributed by atoms with Crippen LogP contribution < -0.4 is 16.9 Å². The van der Waals surface area contributed by atoms with Gasteiger partial charge in [-0.05, 0) is 35.8 Å². The molecule has 0 aliphatic heterocycles. The summed E-state index contributed by atoms with van der Waals surface area (Å²) >= 11 is 0. The number of ether oxygens (including phenoxy) is 2. The smallest absolute Gasteiger partial charge is 0.441 e. The Bertz CT molecular complexity index is 1220. The molecule has 234 valence electrons. The molecule has 0 aliphatic rings. The zero-order valence-corrected chi connectivity index (χ0v) is 25.1. The minimum Gasteiger partial charge on any atom is -0.443 e. The van der Waals surface area contributed by atoms with Crippen LogP contribution in [0.25, 0.3) is 0 Å².